The monoisotopic (exact) mass is 195 g/mol. The average molecular weight is 195 g/mol. The van der Waals surface area contributed by atoms with E-state index in [0.29, 0.717) is 12.0 Å². The van der Waals surface area contributed by atoms with Gasteiger partial charge in [-0.2, -0.15) is 0 Å². The lowest BCUT2D eigenvalue weighted by Gasteiger charge is -2.02. The first-order valence-electron chi connectivity index (χ1n) is 4.92. The molecule has 1 aliphatic heterocycles. The van der Waals surface area contributed by atoms with E-state index in [4.69, 9.17) is 9.84 Å². The zero-order chi connectivity index (χ0) is 10.2. The Labute approximate surface area is 84.7 Å². The minimum absolute atomic E-state index is 0.322. The highest BCUT2D eigenvalue weighted by Gasteiger charge is 2.09. The number of phenols is 1. The standard InChI is InChI=1S/C6H6O.C5H11NO/c7-6-4-2-1-3-5-6;1-2-5-6-3-4-7-5/h1-5,7H;5-6H,2-4H2,1H3. The van der Waals surface area contributed by atoms with Gasteiger partial charge in [-0.25, -0.2) is 0 Å². The van der Waals surface area contributed by atoms with Crippen LogP contribution in [0.15, 0.2) is 30.3 Å². The van der Waals surface area contributed by atoms with E-state index < -0.39 is 0 Å². The molecule has 14 heavy (non-hydrogen) atoms. The van der Waals surface area contributed by atoms with Crippen molar-refractivity contribution in [1.29, 1.82) is 0 Å². The second-order valence-corrected chi connectivity index (χ2v) is 3.06. The van der Waals surface area contributed by atoms with Crippen molar-refractivity contribution in [2.24, 2.45) is 0 Å². The molecule has 0 amide bonds. The third kappa shape index (κ3) is 4.25. The lowest BCUT2D eigenvalue weighted by atomic mass is 10.3. The number of ether oxygens (including phenoxy) is 1. The molecule has 0 aromatic heterocycles. The van der Waals surface area contributed by atoms with Gasteiger partial charge in [0.05, 0.1) is 6.61 Å². The third-order valence-corrected chi connectivity index (χ3v) is 1.92. The Morgan fingerprint density at radius 3 is 2.43 bits per heavy atom. The first kappa shape index (κ1) is 11.0. The number of phenolic OH excluding ortho intramolecular Hbond substituents is 1. The van der Waals surface area contributed by atoms with Gasteiger partial charge in [-0.1, -0.05) is 25.1 Å². The second-order valence-electron chi connectivity index (χ2n) is 3.06. The fourth-order valence-corrected chi connectivity index (χ4v) is 1.17. The summed E-state index contributed by atoms with van der Waals surface area (Å²) in [4.78, 5) is 0. The van der Waals surface area contributed by atoms with Gasteiger partial charge in [0.15, 0.2) is 0 Å². The van der Waals surface area contributed by atoms with Crippen molar-refractivity contribution >= 4 is 0 Å². The van der Waals surface area contributed by atoms with Crippen molar-refractivity contribution in [3.8, 4) is 5.75 Å². The van der Waals surface area contributed by atoms with Gasteiger partial charge in [0, 0.05) is 6.54 Å². The van der Waals surface area contributed by atoms with Gasteiger partial charge in [0.25, 0.3) is 0 Å². The predicted octanol–water partition coefficient (Wildman–Crippen LogP) is 1.73. The van der Waals surface area contributed by atoms with E-state index in [1.807, 2.05) is 6.07 Å². The van der Waals surface area contributed by atoms with Crippen LogP contribution in [0.4, 0.5) is 0 Å². The zero-order valence-corrected chi connectivity index (χ0v) is 8.44. The molecule has 2 N–H and O–H groups in total. The number of nitrogens with one attached hydrogen (secondary N) is 1. The molecule has 1 aromatic rings. The molecule has 2 rings (SSSR count). The van der Waals surface area contributed by atoms with Crippen LogP contribution < -0.4 is 5.32 Å². The maximum absolute atomic E-state index is 8.63. The highest BCUT2D eigenvalue weighted by molar-refractivity contribution is 5.18. The summed E-state index contributed by atoms with van der Waals surface area (Å²) in [7, 11) is 0. The van der Waals surface area contributed by atoms with Crippen LogP contribution in [0.25, 0.3) is 0 Å². The molecule has 0 spiro atoms. The molecule has 0 saturated carbocycles. The van der Waals surface area contributed by atoms with E-state index >= 15 is 0 Å². The Morgan fingerprint density at radius 2 is 2.14 bits per heavy atom. The number of hydrogen-bond acceptors (Lipinski definition) is 3. The molecule has 3 heteroatoms. The highest BCUT2D eigenvalue weighted by Crippen LogP contribution is 2.02. The highest BCUT2D eigenvalue weighted by atomic mass is 16.5. The smallest absolute Gasteiger partial charge is 0.115 e. The summed E-state index contributed by atoms with van der Waals surface area (Å²) in [5, 5.41) is 11.8. The van der Waals surface area contributed by atoms with Gasteiger partial charge in [-0.05, 0) is 18.6 Å². The van der Waals surface area contributed by atoms with Crippen molar-refractivity contribution in [3.63, 3.8) is 0 Å². The van der Waals surface area contributed by atoms with Crippen LogP contribution in [0.1, 0.15) is 13.3 Å². The van der Waals surface area contributed by atoms with Crippen LogP contribution in [0.2, 0.25) is 0 Å². The van der Waals surface area contributed by atoms with E-state index in [2.05, 4.69) is 12.2 Å². The summed E-state index contributed by atoms with van der Waals surface area (Å²) in [5.41, 5.74) is 0. The van der Waals surface area contributed by atoms with E-state index in [1.165, 1.54) is 0 Å². The van der Waals surface area contributed by atoms with Crippen molar-refractivity contribution in [1.82, 2.24) is 5.32 Å². The molecule has 1 heterocycles. The van der Waals surface area contributed by atoms with Gasteiger partial charge in [-0.3, -0.25) is 5.32 Å². The van der Waals surface area contributed by atoms with Crippen LogP contribution in [0.5, 0.6) is 5.75 Å². The molecule has 1 aliphatic rings. The average Bonchev–Trinajstić information content (AvgIpc) is 2.72. The summed E-state index contributed by atoms with van der Waals surface area (Å²) in [5.74, 6) is 0.322. The molecule has 0 radical (unpaired) electrons. The molecule has 1 aromatic carbocycles. The van der Waals surface area contributed by atoms with E-state index in [-0.39, 0.29) is 0 Å². The van der Waals surface area contributed by atoms with E-state index in [1.54, 1.807) is 24.3 Å². The minimum Gasteiger partial charge on any atom is -0.508 e. The fourth-order valence-electron chi connectivity index (χ4n) is 1.17. The quantitative estimate of drug-likeness (QED) is 0.717. The molecular weight excluding hydrogens is 178 g/mol. The lowest BCUT2D eigenvalue weighted by molar-refractivity contribution is 0.0984. The summed E-state index contributed by atoms with van der Waals surface area (Å²) >= 11 is 0. The lowest BCUT2D eigenvalue weighted by Crippen LogP contribution is -2.20. The molecule has 1 unspecified atom stereocenters. The number of para-hydroxylation sites is 1. The number of hydrogen-bond donors (Lipinski definition) is 2. The molecule has 0 bridgehead atoms. The second kappa shape index (κ2) is 6.40. The van der Waals surface area contributed by atoms with Crippen LogP contribution in [0.3, 0.4) is 0 Å². The largest absolute Gasteiger partial charge is 0.508 e. The van der Waals surface area contributed by atoms with Crippen LogP contribution in [0, 0.1) is 0 Å². The Hall–Kier alpha value is -1.06. The van der Waals surface area contributed by atoms with Gasteiger partial charge in [0.1, 0.15) is 12.0 Å². The summed E-state index contributed by atoms with van der Waals surface area (Å²) in [6.07, 6.45) is 1.43. The SMILES string of the molecule is CCC1NCCO1.Oc1ccccc1. The molecule has 1 atom stereocenters. The predicted molar refractivity (Wildman–Crippen MR) is 56.1 cm³/mol. The van der Waals surface area contributed by atoms with Gasteiger partial charge < -0.3 is 9.84 Å². The molecule has 0 aliphatic carbocycles. The van der Waals surface area contributed by atoms with Crippen LogP contribution >= 0.6 is 0 Å². The van der Waals surface area contributed by atoms with Crippen molar-refractivity contribution in [3.05, 3.63) is 30.3 Å². The summed E-state index contributed by atoms with van der Waals surface area (Å²) in [6, 6.07) is 8.71. The Kier molecular flexibility index (Phi) is 5.04. The Bertz CT molecular complexity index is 232. The molecule has 78 valence electrons. The van der Waals surface area contributed by atoms with E-state index in [9.17, 15) is 0 Å². The fraction of sp³-hybridized carbons (Fsp3) is 0.455. The molecule has 1 fully saturated rings. The number of benzene rings is 1. The minimum atomic E-state index is 0.322. The Morgan fingerprint density at radius 1 is 1.43 bits per heavy atom. The van der Waals surface area contributed by atoms with Gasteiger partial charge in [0.2, 0.25) is 0 Å². The topological polar surface area (TPSA) is 41.5 Å². The first-order chi connectivity index (χ1) is 6.83. The maximum atomic E-state index is 8.63. The number of aromatic hydroxyl groups is 1. The summed E-state index contributed by atoms with van der Waals surface area (Å²) < 4.78 is 5.19. The summed E-state index contributed by atoms with van der Waals surface area (Å²) in [6.45, 7) is 4.03. The van der Waals surface area contributed by atoms with Crippen molar-refractivity contribution in [2.75, 3.05) is 13.2 Å². The molecule has 3 nitrogen and oxygen atoms in total. The molecule has 1 saturated heterocycles. The van der Waals surface area contributed by atoms with Gasteiger partial charge in [-0.15, -0.1) is 0 Å². The normalized spacial score (nSPS) is 19.9. The molecular formula is C11H17NO2. The van der Waals surface area contributed by atoms with Crippen LogP contribution in [-0.2, 0) is 4.74 Å². The van der Waals surface area contributed by atoms with Crippen LogP contribution in [-0.4, -0.2) is 24.5 Å². The van der Waals surface area contributed by atoms with E-state index in [0.717, 1.165) is 19.6 Å². The third-order valence-electron chi connectivity index (χ3n) is 1.92. The zero-order valence-electron chi connectivity index (χ0n) is 8.44. The maximum Gasteiger partial charge on any atom is 0.115 e. The Balaban J connectivity index is 0.000000140. The first-order valence-corrected chi connectivity index (χ1v) is 4.92. The number of rotatable bonds is 1. The van der Waals surface area contributed by atoms with Gasteiger partial charge >= 0.3 is 0 Å². The van der Waals surface area contributed by atoms with Crippen molar-refractivity contribution < 1.29 is 9.84 Å². The van der Waals surface area contributed by atoms with Crippen molar-refractivity contribution in [2.45, 2.75) is 19.6 Å².